The lowest BCUT2D eigenvalue weighted by Crippen LogP contribution is -2.61. The molecule has 4 rings (SSSR count). The zero-order valence-electron chi connectivity index (χ0n) is 9.90. The van der Waals surface area contributed by atoms with Crippen molar-refractivity contribution in [3.05, 3.63) is 17.5 Å². The number of aromatic nitrogens is 2. The van der Waals surface area contributed by atoms with E-state index >= 15 is 0 Å². The highest BCUT2D eigenvalue weighted by molar-refractivity contribution is 5.36. The molecule has 0 saturated carbocycles. The molecule has 4 heterocycles. The number of piperazine rings is 1. The Morgan fingerprint density at radius 2 is 2.00 bits per heavy atom. The van der Waals surface area contributed by atoms with E-state index in [9.17, 15) is 0 Å². The summed E-state index contributed by atoms with van der Waals surface area (Å²) >= 11 is 0. The molecule has 4 nitrogen and oxygen atoms in total. The summed E-state index contributed by atoms with van der Waals surface area (Å²) in [5.74, 6) is 0.925. The Balaban J connectivity index is 1.91. The average Bonchev–Trinajstić information content (AvgIpc) is 2.29. The van der Waals surface area contributed by atoms with Crippen LogP contribution in [0.15, 0.2) is 6.07 Å². The van der Waals surface area contributed by atoms with Crippen LogP contribution >= 0.6 is 0 Å². The topological polar surface area (TPSA) is 41.1 Å². The highest BCUT2D eigenvalue weighted by Gasteiger charge is 2.34. The summed E-state index contributed by atoms with van der Waals surface area (Å²) in [6.45, 7) is 6.23. The van der Waals surface area contributed by atoms with E-state index in [2.05, 4.69) is 20.2 Å². The highest BCUT2D eigenvalue weighted by atomic mass is 15.3. The summed E-state index contributed by atoms with van der Waals surface area (Å²) in [6, 6.07) is 3.25. The van der Waals surface area contributed by atoms with Crippen molar-refractivity contribution < 1.29 is 0 Å². The standard InChI is InChI=1S/C12H18N4/c1-8-5-9(2)15-12(14-8)16-7-10-3-4-11(16)6-13-10/h5,10-11,13H,3-4,6-7H2,1-2H3. The van der Waals surface area contributed by atoms with Crippen molar-refractivity contribution in [2.24, 2.45) is 0 Å². The van der Waals surface area contributed by atoms with Crippen LogP contribution in [0, 0.1) is 13.8 Å². The third-order valence-corrected chi connectivity index (χ3v) is 3.58. The molecule has 4 heteroatoms. The number of nitrogens with zero attached hydrogens (tertiary/aromatic N) is 3. The Labute approximate surface area is 96.1 Å². The minimum absolute atomic E-state index is 0.589. The summed E-state index contributed by atoms with van der Waals surface area (Å²) in [4.78, 5) is 11.5. The largest absolute Gasteiger partial charge is 0.335 e. The van der Waals surface area contributed by atoms with Crippen molar-refractivity contribution in [2.75, 3.05) is 18.0 Å². The molecular formula is C12H18N4. The monoisotopic (exact) mass is 218 g/mol. The van der Waals surface area contributed by atoms with Crippen molar-refractivity contribution in [1.29, 1.82) is 0 Å². The summed E-state index contributed by atoms with van der Waals surface area (Å²) in [5.41, 5.74) is 2.13. The average molecular weight is 218 g/mol. The van der Waals surface area contributed by atoms with Gasteiger partial charge in [0.25, 0.3) is 0 Å². The lowest BCUT2D eigenvalue weighted by molar-refractivity contribution is 0.287. The summed E-state index contributed by atoms with van der Waals surface area (Å²) in [5, 5.41) is 3.55. The van der Waals surface area contributed by atoms with Gasteiger partial charge in [0.2, 0.25) is 5.95 Å². The van der Waals surface area contributed by atoms with Gasteiger partial charge in [0, 0.05) is 36.6 Å². The molecule has 1 aromatic heterocycles. The number of aryl methyl sites for hydroxylation is 2. The van der Waals surface area contributed by atoms with Gasteiger partial charge in [0.05, 0.1) is 0 Å². The zero-order valence-corrected chi connectivity index (χ0v) is 9.90. The molecule has 0 amide bonds. The van der Waals surface area contributed by atoms with Gasteiger partial charge in [-0.15, -0.1) is 0 Å². The van der Waals surface area contributed by atoms with Gasteiger partial charge in [0.1, 0.15) is 0 Å². The fourth-order valence-electron chi connectivity index (χ4n) is 2.79. The van der Waals surface area contributed by atoms with Gasteiger partial charge in [-0.1, -0.05) is 0 Å². The van der Waals surface area contributed by atoms with Crippen LogP contribution in [0.3, 0.4) is 0 Å². The molecule has 3 saturated heterocycles. The number of fused-ring (bicyclic) bond motifs is 3. The number of hydrogen-bond acceptors (Lipinski definition) is 4. The smallest absolute Gasteiger partial charge is 0.226 e. The van der Waals surface area contributed by atoms with Crippen LogP contribution in [0.2, 0.25) is 0 Å². The number of rotatable bonds is 1. The van der Waals surface area contributed by atoms with Crippen molar-refractivity contribution in [1.82, 2.24) is 15.3 Å². The molecule has 0 aromatic carbocycles. The molecule has 16 heavy (non-hydrogen) atoms. The number of nitrogens with one attached hydrogen (secondary N) is 1. The lowest BCUT2D eigenvalue weighted by Gasteiger charge is -2.46. The normalized spacial score (nSPS) is 28.5. The Morgan fingerprint density at radius 1 is 1.25 bits per heavy atom. The molecule has 0 aliphatic carbocycles. The van der Waals surface area contributed by atoms with Gasteiger partial charge in [-0.25, -0.2) is 9.97 Å². The second kappa shape index (κ2) is 3.70. The second-order valence-electron chi connectivity index (χ2n) is 4.94. The van der Waals surface area contributed by atoms with E-state index < -0.39 is 0 Å². The molecule has 3 fully saturated rings. The predicted molar refractivity (Wildman–Crippen MR) is 63.7 cm³/mol. The maximum absolute atomic E-state index is 4.56. The molecule has 2 atom stereocenters. The Kier molecular flexibility index (Phi) is 2.32. The molecular weight excluding hydrogens is 200 g/mol. The Hall–Kier alpha value is -1.16. The molecule has 0 radical (unpaired) electrons. The van der Waals surface area contributed by atoms with Gasteiger partial charge < -0.3 is 10.2 Å². The van der Waals surface area contributed by atoms with Crippen molar-refractivity contribution >= 4 is 5.95 Å². The molecule has 0 spiro atoms. The van der Waals surface area contributed by atoms with Gasteiger partial charge in [-0.2, -0.15) is 0 Å². The van der Waals surface area contributed by atoms with Crippen molar-refractivity contribution in [3.63, 3.8) is 0 Å². The molecule has 3 aliphatic rings. The van der Waals surface area contributed by atoms with Crippen molar-refractivity contribution in [3.8, 4) is 0 Å². The maximum Gasteiger partial charge on any atom is 0.226 e. The van der Waals surface area contributed by atoms with Crippen LogP contribution in [-0.2, 0) is 0 Å². The van der Waals surface area contributed by atoms with E-state index in [4.69, 9.17) is 0 Å². The molecule has 3 aliphatic heterocycles. The van der Waals surface area contributed by atoms with Gasteiger partial charge in [0.15, 0.2) is 0 Å². The fraction of sp³-hybridized carbons (Fsp3) is 0.667. The first-order valence-electron chi connectivity index (χ1n) is 6.05. The van der Waals surface area contributed by atoms with Crippen LogP contribution in [0.4, 0.5) is 5.95 Å². The van der Waals surface area contributed by atoms with E-state index in [1.807, 2.05) is 19.9 Å². The van der Waals surface area contributed by atoms with Gasteiger partial charge in [-0.3, -0.25) is 0 Å². The first kappa shape index (κ1) is 10.0. The number of piperidine rings is 2. The minimum Gasteiger partial charge on any atom is -0.335 e. The van der Waals surface area contributed by atoms with E-state index in [-0.39, 0.29) is 0 Å². The van der Waals surface area contributed by atoms with Gasteiger partial charge in [-0.05, 0) is 32.8 Å². The summed E-state index contributed by atoms with van der Waals surface area (Å²) in [7, 11) is 0. The van der Waals surface area contributed by atoms with Crippen LogP contribution in [-0.4, -0.2) is 35.1 Å². The minimum atomic E-state index is 0.589. The molecule has 1 N–H and O–H groups in total. The highest BCUT2D eigenvalue weighted by Crippen LogP contribution is 2.25. The SMILES string of the molecule is Cc1cc(C)nc(N2CC3CCC2CN3)n1. The molecule has 2 bridgehead atoms. The first-order chi connectivity index (χ1) is 7.72. The van der Waals surface area contributed by atoms with Crippen LogP contribution in [0.25, 0.3) is 0 Å². The van der Waals surface area contributed by atoms with Crippen LogP contribution in [0.5, 0.6) is 0 Å². The third-order valence-electron chi connectivity index (χ3n) is 3.58. The van der Waals surface area contributed by atoms with E-state index in [1.165, 1.54) is 12.8 Å². The Bertz CT molecular complexity index is 376. The van der Waals surface area contributed by atoms with Gasteiger partial charge >= 0.3 is 0 Å². The summed E-state index contributed by atoms with van der Waals surface area (Å²) < 4.78 is 0. The number of anilines is 1. The maximum atomic E-state index is 4.56. The predicted octanol–water partition coefficient (Wildman–Crippen LogP) is 1.03. The summed E-state index contributed by atoms with van der Waals surface area (Å²) in [6.07, 6.45) is 2.57. The second-order valence-corrected chi connectivity index (χ2v) is 4.94. The molecule has 1 aromatic rings. The van der Waals surface area contributed by atoms with Crippen LogP contribution < -0.4 is 10.2 Å². The van der Waals surface area contributed by atoms with E-state index in [0.717, 1.165) is 30.4 Å². The van der Waals surface area contributed by atoms with E-state index in [0.29, 0.717) is 12.1 Å². The molecule has 2 unspecified atom stereocenters. The fourth-order valence-corrected chi connectivity index (χ4v) is 2.79. The lowest BCUT2D eigenvalue weighted by atomic mass is 9.93. The van der Waals surface area contributed by atoms with Crippen LogP contribution in [0.1, 0.15) is 24.2 Å². The third kappa shape index (κ3) is 1.67. The first-order valence-corrected chi connectivity index (χ1v) is 6.05. The quantitative estimate of drug-likeness (QED) is 0.764. The molecule has 86 valence electrons. The number of hydrogen-bond donors (Lipinski definition) is 1. The Morgan fingerprint density at radius 3 is 2.50 bits per heavy atom. The van der Waals surface area contributed by atoms with Crippen molar-refractivity contribution in [2.45, 2.75) is 38.8 Å². The zero-order chi connectivity index (χ0) is 11.1. The van der Waals surface area contributed by atoms with E-state index in [1.54, 1.807) is 0 Å².